The van der Waals surface area contributed by atoms with Crippen molar-refractivity contribution >= 4 is 6.16 Å². The summed E-state index contributed by atoms with van der Waals surface area (Å²) in [6, 6.07) is 0. The van der Waals surface area contributed by atoms with Gasteiger partial charge in [0, 0.05) is 0 Å². The average molecular weight is 532 g/mol. The fraction of sp³-hybridized carbons (Fsp3) is 0.929. The van der Waals surface area contributed by atoms with E-state index in [-0.39, 0.29) is 0 Å². The molecule has 0 aliphatic heterocycles. The number of alkyl halides is 16. The zero-order valence-corrected chi connectivity index (χ0v) is 16.1. The van der Waals surface area contributed by atoms with Gasteiger partial charge >= 0.3 is 54.0 Å². The SMILES string of the molecule is CC(C)(C)OC(=O)OCC(F)(F)C(F)(F)C(F)(F)C(F)(F)C(F)(F)C(F)(F)C(F)(F)C(F)F. The molecule has 0 N–H and O–H groups in total. The van der Waals surface area contributed by atoms with Gasteiger partial charge in [-0.3, -0.25) is 0 Å². The van der Waals surface area contributed by atoms with Gasteiger partial charge in [-0.25, -0.2) is 13.6 Å². The second-order valence-corrected chi connectivity index (χ2v) is 7.25. The smallest absolute Gasteiger partial charge is 0.429 e. The van der Waals surface area contributed by atoms with Crippen molar-refractivity contribution < 1.29 is 84.5 Å². The van der Waals surface area contributed by atoms with Crippen molar-refractivity contribution in [1.29, 1.82) is 0 Å². The number of carbonyl (C=O) groups is 1. The molecule has 0 aromatic rings. The van der Waals surface area contributed by atoms with E-state index >= 15 is 0 Å². The first kappa shape index (κ1) is 31.1. The van der Waals surface area contributed by atoms with Gasteiger partial charge in [-0.2, -0.15) is 61.5 Å². The van der Waals surface area contributed by atoms with Crippen LogP contribution in [0.5, 0.6) is 0 Å². The van der Waals surface area contributed by atoms with Crippen LogP contribution >= 0.6 is 0 Å². The van der Waals surface area contributed by atoms with Crippen molar-refractivity contribution in [2.75, 3.05) is 6.61 Å². The minimum Gasteiger partial charge on any atom is -0.429 e. The summed E-state index contributed by atoms with van der Waals surface area (Å²) in [6.07, 6.45) is -8.20. The van der Waals surface area contributed by atoms with Crippen molar-refractivity contribution in [2.24, 2.45) is 0 Å². The highest BCUT2D eigenvalue weighted by molar-refractivity contribution is 5.60. The molecule has 0 bridgehead atoms. The van der Waals surface area contributed by atoms with E-state index < -0.39 is 66.2 Å². The molecule has 0 fully saturated rings. The van der Waals surface area contributed by atoms with Crippen molar-refractivity contribution in [3.05, 3.63) is 0 Å². The highest BCUT2D eigenvalue weighted by Gasteiger charge is 2.93. The van der Waals surface area contributed by atoms with Crippen LogP contribution in [0.4, 0.5) is 75.0 Å². The standard InChI is InChI=1S/C14H12F16O3/c1-7(2,3)33-6(31)32-4-8(17,18)10(21,22)12(25,26)14(29,30)13(27,28)11(23,24)9(19,20)5(15)16/h5H,4H2,1-3H3. The molecule has 0 saturated heterocycles. The molecule has 0 atom stereocenters. The molecule has 0 aromatic heterocycles. The number of carbonyl (C=O) groups excluding carboxylic acids is 1. The molecule has 0 amide bonds. The lowest BCUT2D eigenvalue weighted by Gasteiger charge is -2.42. The third kappa shape index (κ3) is 5.00. The summed E-state index contributed by atoms with van der Waals surface area (Å²) in [7, 11) is 0. The molecule has 0 rings (SSSR count). The maximum absolute atomic E-state index is 13.5. The summed E-state index contributed by atoms with van der Waals surface area (Å²) in [4.78, 5) is 11.0. The molecule has 0 saturated carbocycles. The second-order valence-electron chi connectivity index (χ2n) is 7.25. The Kier molecular flexibility index (Phi) is 7.95. The lowest BCUT2D eigenvalue weighted by Crippen LogP contribution is -2.74. The first-order chi connectivity index (χ1) is 14.0. The van der Waals surface area contributed by atoms with Gasteiger partial charge in [0.15, 0.2) is 6.61 Å². The molecule has 198 valence electrons. The lowest BCUT2D eigenvalue weighted by atomic mass is 9.89. The summed E-state index contributed by atoms with van der Waals surface area (Å²) in [5.74, 6) is -55.5. The fourth-order valence-corrected chi connectivity index (χ4v) is 1.69. The van der Waals surface area contributed by atoms with Crippen LogP contribution in [-0.4, -0.2) is 66.2 Å². The monoisotopic (exact) mass is 532 g/mol. The molecule has 0 unspecified atom stereocenters. The van der Waals surface area contributed by atoms with Crippen LogP contribution in [0.25, 0.3) is 0 Å². The Morgan fingerprint density at radius 1 is 0.636 bits per heavy atom. The van der Waals surface area contributed by atoms with E-state index in [9.17, 15) is 75.0 Å². The summed E-state index contributed by atoms with van der Waals surface area (Å²) in [5.41, 5.74) is -1.57. The van der Waals surface area contributed by atoms with Crippen LogP contribution in [-0.2, 0) is 9.47 Å². The summed E-state index contributed by atoms with van der Waals surface area (Å²) in [6.45, 7) is -0.177. The van der Waals surface area contributed by atoms with Crippen LogP contribution in [0.15, 0.2) is 0 Å². The van der Waals surface area contributed by atoms with Crippen molar-refractivity contribution in [1.82, 2.24) is 0 Å². The summed E-state index contributed by atoms with van der Waals surface area (Å²) < 4.78 is 217. The maximum atomic E-state index is 13.5. The van der Waals surface area contributed by atoms with E-state index in [1.807, 2.05) is 0 Å². The minimum absolute atomic E-state index is 1.03. The highest BCUT2D eigenvalue weighted by Crippen LogP contribution is 2.62. The third-order valence-electron chi connectivity index (χ3n) is 3.49. The average Bonchev–Trinajstić information content (AvgIpc) is 2.57. The molecular formula is C14H12F16O3. The Balaban J connectivity index is 6.27. The number of hydrogen-bond acceptors (Lipinski definition) is 3. The Bertz CT molecular complexity index is 710. The lowest BCUT2D eigenvalue weighted by molar-refractivity contribution is -0.447. The Hall–Kier alpha value is -1.85. The van der Waals surface area contributed by atoms with E-state index in [4.69, 9.17) is 0 Å². The fourth-order valence-electron chi connectivity index (χ4n) is 1.69. The molecule has 0 aromatic carbocycles. The topological polar surface area (TPSA) is 35.5 Å². The molecule has 0 aliphatic rings. The van der Waals surface area contributed by atoms with Gasteiger partial charge in [0.1, 0.15) is 5.60 Å². The maximum Gasteiger partial charge on any atom is 0.509 e. The summed E-state index contributed by atoms with van der Waals surface area (Å²) >= 11 is 0. The molecule has 33 heavy (non-hydrogen) atoms. The van der Waals surface area contributed by atoms with Crippen LogP contribution in [0.2, 0.25) is 0 Å². The van der Waals surface area contributed by atoms with Crippen LogP contribution in [0.3, 0.4) is 0 Å². The molecule has 19 heteroatoms. The van der Waals surface area contributed by atoms with Gasteiger partial charge in [0.05, 0.1) is 0 Å². The van der Waals surface area contributed by atoms with E-state index in [0.717, 1.165) is 20.8 Å². The molecule has 0 heterocycles. The van der Waals surface area contributed by atoms with Gasteiger partial charge in [-0.1, -0.05) is 0 Å². The Morgan fingerprint density at radius 3 is 1.30 bits per heavy atom. The first-order valence-electron chi connectivity index (χ1n) is 7.83. The minimum atomic E-state index is -8.50. The van der Waals surface area contributed by atoms with Crippen LogP contribution in [0, 0.1) is 0 Å². The van der Waals surface area contributed by atoms with Crippen LogP contribution < -0.4 is 0 Å². The largest absolute Gasteiger partial charge is 0.509 e. The van der Waals surface area contributed by atoms with Crippen molar-refractivity contribution in [2.45, 2.75) is 74.3 Å². The number of rotatable bonds is 9. The van der Waals surface area contributed by atoms with Gasteiger partial charge in [-0.05, 0) is 20.8 Å². The Morgan fingerprint density at radius 2 is 0.970 bits per heavy atom. The Labute approximate surface area is 173 Å². The zero-order valence-electron chi connectivity index (χ0n) is 16.1. The number of hydrogen-bond donors (Lipinski definition) is 0. The highest BCUT2D eigenvalue weighted by atomic mass is 19.4. The van der Waals surface area contributed by atoms with Crippen molar-refractivity contribution in [3.63, 3.8) is 0 Å². The molecule has 0 spiro atoms. The van der Waals surface area contributed by atoms with Crippen LogP contribution in [0.1, 0.15) is 20.8 Å². The number of ether oxygens (including phenoxy) is 2. The third-order valence-corrected chi connectivity index (χ3v) is 3.49. The van der Waals surface area contributed by atoms with Gasteiger partial charge in [-0.15, -0.1) is 0 Å². The van der Waals surface area contributed by atoms with E-state index in [1.54, 1.807) is 0 Å². The molecule has 3 nitrogen and oxygen atoms in total. The van der Waals surface area contributed by atoms with Gasteiger partial charge in [0.25, 0.3) is 0 Å². The van der Waals surface area contributed by atoms with E-state index in [1.165, 1.54) is 0 Å². The first-order valence-corrected chi connectivity index (χ1v) is 7.83. The predicted molar refractivity (Wildman–Crippen MR) is 72.8 cm³/mol. The van der Waals surface area contributed by atoms with E-state index in [2.05, 4.69) is 9.47 Å². The van der Waals surface area contributed by atoms with Gasteiger partial charge in [0.2, 0.25) is 0 Å². The number of halogens is 16. The molecule has 0 radical (unpaired) electrons. The van der Waals surface area contributed by atoms with E-state index in [0.29, 0.717) is 0 Å². The molecular weight excluding hydrogens is 520 g/mol. The quantitative estimate of drug-likeness (QED) is 0.247. The summed E-state index contributed by atoms with van der Waals surface area (Å²) in [5, 5.41) is 0. The van der Waals surface area contributed by atoms with Gasteiger partial charge < -0.3 is 9.47 Å². The molecule has 0 aliphatic carbocycles. The van der Waals surface area contributed by atoms with Crippen molar-refractivity contribution in [3.8, 4) is 0 Å². The second kappa shape index (κ2) is 8.42. The predicted octanol–water partition coefficient (Wildman–Crippen LogP) is 6.65. The normalized spacial score (nSPS) is 15.6. The zero-order chi connectivity index (χ0) is 27.3.